The molecule has 0 saturated heterocycles. The Balaban J connectivity index is 3.47. The first-order valence-electron chi connectivity index (χ1n) is 5.75. The molecule has 1 atom stereocenters. The van der Waals surface area contributed by atoms with Crippen LogP contribution in [0.2, 0.25) is 0 Å². The summed E-state index contributed by atoms with van der Waals surface area (Å²) in [5.41, 5.74) is 0.241. The molecule has 0 aromatic heterocycles. The van der Waals surface area contributed by atoms with Gasteiger partial charge in [-0.15, -0.1) is 0 Å². The number of nitrogens with one attached hydrogen (secondary N) is 1. The van der Waals surface area contributed by atoms with Crippen LogP contribution in [0, 0.1) is 5.92 Å². The van der Waals surface area contributed by atoms with Gasteiger partial charge >= 0.3 is 0 Å². The average molecular weight is 201 g/mol. The third kappa shape index (κ3) is 6.39. The summed E-state index contributed by atoms with van der Waals surface area (Å²) in [6, 6.07) is 0. The number of rotatable bonds is 7. The Kier molecular flexibility index (Phi) is 6.38. The fourth-order valence-corrected chi connectivity index (χ4v) is 0.952. The molecule has 0 aliphatic heterocycles. The van der Waals surface area contributed by atoms with Gasteiger partial charge in [-0.05, 0) is 33.1 Å². The highest BCUT2D eigenvalue weighted by Gasteiger charge is 2.13. The fraction of sp³-hybridized carbons (Fsp3) is 1.00. The van der Waals surface area contributed by atoms with Crippen LogP contribution in [0.15, 0.2) is 0 Å². The van der Waals surface area contributed by atoms with Gasteiger partial charge in [0.05, 0.1) is 12.7 Å². The van der Waals surface area contributed by atoms with E-state index in [-0.39, 0.29) is 5.54 Å². The highest BCUT2D eigenvalue weighted by atomic mass is 16.5. The van der Waals surface area contributed by atoms with Gasteiger partial charge in [-0.3, -0.25) is 0 Å². The van der Waals surface area contributed by atoms with E-state index in [0.29, 0.717) is 12.0 Å². The van der Waals surface area contributed by atoms with Gasteiger partial charge in [-0.25, -0.2) is 0 Å². The van der Waals surface area contributed by atoms with Crippen molar-refractivity contribution in [1.82, 2.24) is 5.32 Å². The van der Waals surface area contributed by atoms with Crippen molar-refractivity contribution in [3.63, 3.8) is 0 Å². The summed E-state index contributed by atoms with van der Waals surface area (Å²) in [7, 11) is 0. The zero-order chi connectivity index (χ0) is 11.2. The summed E-state index contributed by atoms with van der Waals surface area (Å²) in [6.07, 6.45) is 1.51. The molecule has 14 heavy (non-hydrogen) atoms. The second-order valence-electron chi connectivity index (χ2n) is 4.98. The zero-order valence-corrected chi connectivity index (χ0v) is 10.7. The van der Waals surface area contributed by atoms with Crippen LogP contribution in [-0.4, -0.2) is 24.8 Å². The quantitative estimate of drug-likeness (QED) is 0.640. The molecule has 0 amide bonds. The first-order chi connectivity index (χ1) is 6.39. The predicted octanol–water partition coefficient (Wildman–Crippen LogP) is 2.83. The van der Waals surface area contributed by atoms with Crippen molar-refractivity contribution in [2.75, 3.05) is 13.2 Å². The SMILES string of the molecule is CCC(C)(C)NCCOC(C)C(C)C. The Hall–Kier alpha value is -0.0800. The van der Waals surface area contributed by atoms with E-state index < -0.39 is 0 Å². The van der Waals surface area contributed by atoms with Gasteiger partial charge in [-0.1, -0.05) is 20.8 Å². The van der Waals surface area contributed by atoms with Crippen LogP contribution in [-0.2, 0) is 4.74 Å². The molecule has 0 radical (unpaired) electrons. The van der Waals surface area contributed by atoms with Crippen molar-refractivity contribution in [1.29, 1.82) is 0 Å². The molecule has 86 valence electrons. The molecule has 1 N–H and O–H groups in total. The van der Waals surface area contributed by atoms with Gasteiger partial charge in [0.2, 0.25) is 0 Å². The first kappa shape index (κ1) is 13.9. The number of hydrogen-bond acceptors (Lipinski definition) is 2. The summed E-state index contributed by atoms with van der Waals surface area (Å²) < 4.78 is 5.68. The van der Waals surface area contributed by atoms with Gasteiger partial charge < -0.3 is 10.1 Å². The largest absolute Gasteiger partial charge is 0.377 e. The van der Waals surface area contributed by atoms with E-state index in [9.17, 15) is 0 Å². The summed E-state index contributed by atoms with van der Waals surface area (Å²) in [5, 5.41) is 3.48. The maximum absolute atomic E-state index is 5.68. The molecule has 0 rings (SSSR count). The zero-order valence-electron chi connectivity index (χ0n) is 10.7. The second kappa shape index (κ2) is 6.41. The standard InChI is InChI=1S/C12H27NO/c1-7-12(5,6)13-8-9-14-11(4)10(2)3/h10-11,13H,7-9H2,1-6H3. The molecule has 1 unspecified atom stereocenters. The van der Waals surface area contributed by atoms with Crippen LogP contribution in [0.1, 0.15) is 48.0 Å². The predicted molar refractivity (Wildman–Crippen MR) is 62.6 cm³/mol. The monoisotopic (exact) mass is 201 g/mol. The lowest BCUT2D eigenvalue weighted by atomic mass is 10.0. The molecular weight excluding hydrogens is 174 g/mol. The van der Waals surface area contributed by atoms with E-state index in [1.54, 1.807) is 0 Å². The summed E-state index contributed by atoms with van der Waals surface area (Å²) >= 11 is 0. The highest BCUT2D eigenvalue weighted by Crippen LogP contribution is 2.07. The molecule has 0 spiro atoms. The Labute approximate surface area is 89.4 Å². The second-order valence-corrected chi connectivity index (χ2v) is 4.98. The Morgan fingerprint density at radius 3 is 2.21 bits per heavy atom. The molecule has 0 aliphatic rings. The Morgan fingerprint density at radius 1 is 1.21 bits per heavy atom. The summed E-state index contributed by atoms with van der Waals surface area (Å²) in [6.45, 7) is 14.9. The van der Waals surface area contributed by atoms with E-state index in [1.807, 2.05) is 0 Å². The van der Waals surface area contributed by atoms with Crippen LogP contribution >= 0.6 is 0 Å². The van der Waals surface area contributed by atoms with Gasteiger partial charge in [-0.2, -0.15) is 0 Å². The fourth-order valence-electron chi connectivity index (χ4n) is 0.952. The molecule has 0 fully saturated rings. The lowest BCUT2D eigenvalue weighted by Crippen LogP contribution is -2.40. The van der Waals surface area contributed by atoms with E-state index in [1.165, 1.54) is 0 Å². The van der Waals surface area contributed by atoms with Crippen molar-refractivity contribution in [2.24, 2.45) is 5.92 Å². The van der Waals surface area contributed by atoms with E-state index in [4.69, 9.17) is 4.74 Å². The molecule has 2 nitrogen and oxygen atoms in total. The van der Waals surface area contributed by atoms with Gasteiger partial charge in [0.1, 0.15) is 0 Å². The maximum Gasteiger partial charge on any atom is 0.0594 e. The minimum atomic E-state index is 0.241. The van der Waals surface area contributed by atoms with Crippen molar-refractivity contribution >= 4 is 0 Å². The van der Waals surface area contributed by atoms with Crippen LogP contribution in [0.3, 0.4) is 0 Å². The lowest BCUT2D eigenvalue weighted by molar-refractivity contribution is 0.0347. The van der Waals surface area contributed by atoms with Crippen LogP contribution < -0.4 is 5.32 Å². The third-order valence-corrected chi connectivity index (χ3v) is 2.91. The number of ether oxygens (including phenoxy) is 1. The summed E-state index contributed by atoms with van der Waals surface area (Å²) in [4.78, 5) is 0. The molecule has 2 heteroatoms. The van der Waals surface area contributed by atoms with Crippen molar-refractivity contribution in [2.45, 2.75) is 59.6 Å². The topological polar surface area (TPSA) is 21.3 Å². The first-order valence-corrected chi connectivity index (χ1v) is 5.75. The number of hydrogen-bond donors (Lipinski definition) is 1. The van der Waals surface area contributed by atoms with Gasteiger partial charge in [0.15, 0.2) is 0 Å². The van der Waals surface area contributed by atoms with Gasteiger partial charge in [0, 0.05) is 12.1 Å². The molecule has 0 aliphatic carbocycles. The Bertz CT molecular complexity index is 143. The minimum absolute atomic E-state index is 0.241. The van der Waals surface area contributed by atoms with Crippen LogP contribution in [0.4, 0.5) is 0 Å². The molecule has 0 saturated carbocycles. The molecule has 0 heterocycles. The van der Waals surface area contributed by atoms with Crippen LogP contribution in [0.25, 0.3) is 0 Å². The van der Waals surface area contributed by atoms with Crippen LogP contribution in [0.5, 0.6) is 0 Å². The lowest BCUT2D eigenvalue weighted by Gasteiger charge is -2.25. The third-order valence-electron chi connectivity index (χ3n) is 2.91. The molecule has 0 aromatic rings. The van der Waals surface area contributed by atoms with E-state index in [2.05, 4.69) is 46.9 Å². The summed E-state index contributed by atoms with van der Waals surface area (Å²) in [5.74, 6) is 0.606. The minimum Gasteiger partial charge on any atom is -0.377 e. The average Bonchev–Trinajstić information content (AvgIpc) is 2.12. The van der Waals surface area contributed by atoms with Crippen molar-refractivity contribution in [3.05, 3.63) is 0 Å². The van der Waals surface area contributed by atoms with E-state index >= 15 is 0 Å². The smallest absolute Gasteiger partial charge is 0.0594 e. The van der Waals surface area contributed by atoms with Gasteiger partial charge in [0.25, 0.3) is 0 Å². The molecule has 0 bridgehead atoms. The maximum atomic E-state index is 5.68. The highest BCUT2D eigenvalue weighted by molar-refractivity contribution is 4.74. The normalized spacial score (nSPS) is 14.8. The molecule has 0 aromatic carbocycles. The Morgan fingerprint density at radius 2 is 1.79 bits per heavy atom. The van der Waals surface area contributed by atoms with Crippen molar-refractivity contribution in [3.8, 4) is 0 Å². The van der Waals surface area contributed by atoms with E-state index in [0.717, 1.165) is 19.6 Å². The molecular formula is C12H27NO. The van der Waals surface area contributed by atoms with Crippen molar-refractivity contribution < 1.29 is 4.74 Å².